The maximum Gasteiger partial charge on any atom is 0.197 e. The molecule has 0 aliphatic rings. The molecule has 9 rings (SSSR count). The first-order valence-electron chi connectivity index (χ1n) is 13.9. The molecule has 0 spiro atoms. The Bertz CT molecular complexity index is 1990. The molecule has 0 saturated carbocycles. The van der Waals surface area contributed by atoms with Crippen LogP contribution < -0.4 is 9.80 Å². The quantitative estimate of drug-likeness (QED) is 0.180. The lowest BCUT2D eigenvalue weighted by atomic mass is 10.2. The molecule has 10 heteroatoms. The molecule has 4 aromatic heterocycles. The van der Waals surface area contributed by atoms with Gasteiger partial charge in [0.2, 0.25) is 0 Å². The molecule has 0 N–H and O–H groups in total. The fourth-order valence-electron chi connectivity index (χ4n) is 5.18. The van der Waals surface area contributed by atoms with Gasteiger partial charge in [-0.1, -0.05) is 93.9 Å². The van der Waals surface area contributed by atoms with Gasteiger partial charge in [-0.3, -0.25) is 9.80 Å². The third-order valence-electron chi connectivity index (χ3n) is 7.26. The van der Waals surface area contributed by atoms with Gasteiger partial charge in [-0.15, -0.1) is 0 Å². The van der Waals surface area contributed by atoms with Crippen molar-refractivity contribution in [1.82, 2.24) is 19.9 Å². The van der Waals surface area contributed by atoms with E-state index in [4.69, 9.17) is 19.9 Å². The predicted molar refractivity (Wildman–Crippen MR) is 189 cm³/mol. The lowest BCUT2D eigenvalue weighted by Gasteiger charge is -2.22. The van der Waals surface area contributed by atoms with Crippen LogP contribution >= 0.6 is 45.3 Å². The van der Waals surface area contributed by atoms with E-state index >= 15 is 0 Å². The van der Waals surface area contributed by atoms with Gasteiger partial charge in [-0.2, -0.15) is 0 Å². The molecule has 0 atom stereocenters. The number of hydrogen-bond donors (Lipinski definition) is 0. The summed E-state index contributed by atoms with van der Waals surface area (Å²) < 4.78 is 4.57. The largest absolute Gasteiger partial charge is 0.262 e. The third-order valence-corrected chi connectivity index (χ3v) is 11.3. The second-order valence-corrected chi connectivity index (χ2v) is 14.1. The second kappa shape index (κ2) is 10.5. The van der Waals surface area contributed by atoms with Crippen molar-refractivity contribution in [3.8, 4) is 0 Å². The van der Waals surface area contributed by atoms with Crippen molar-refractivity contribution in [2.24, 2.45) is 0 Å². The van der Waals surface area contributed by atoms with Crippen molar-refractivity contribution in [3.05, 3.63) is 121 Å². The van der Waals surface area contributed by atoms with E-state index < -0.39 is 0 Å². The number of thiazole rings is 4. The van der Waals surface area contributed by atoms with Crippen LogP contribution in [0.2, 0.25) is 0 Å². The highest BCUT2D eigenvalue weighted by Gasteiger charge is 2.24. The van der Waals surface area contributed by atoms with Crippen LogP contribution in [0.3, 0.4) is 0 Å². The Kier molecular flexibility index (Phi) is 6.12. The molecule has 0 aliphatic heterocycles. The van der Waals surface area contributed by atoms with Crippen molar-refractivity contribution in [3.63, 3.8) is 0 Å². The maximum atomic E-state index is 5.02. The molecule has 0 fully saturated rings. The van der Waals surface area contributed by atoms with Crippen molar-refractivity contribution < 1.29 is 0 Å². The minimum atomic E-state index is 0.882. The number of nitrogens with zero attached hydrogens (tertiary/aromatic N) is 6. The van der Waals surface area contributed by atoms with Gasteiger partial charge in [0.1, 0.15) is 0 Å². The highest BCUT2D eigenvalue weighted by Crippen LogP contribution is 2.45. The van der Waals surface area contributed by atoms with Gasteiger partial charge in [0.25, 0.3) is 0 Å². The first kappa shape index (κ1) is 25.7. The molecular formula is C34H20N6S4. The van der Waals surface area contributed by atoms with E-state index in [9.17, 15) is 0 Å². The van der Waals surface area contributed by atoms with Gasteiger partial charge in [-0.25, -0.2) is 19.9 Å². The Morgan fingerprint density at radius 3 is 0.818 bits per heavy atom. The number of rotatable bonds is 6. The molecule has 210 valence electrons. The van der Waals surface area contributed by atoms with Crippen LogP contribution in [0.4, 0.5) is 31.9 Å². The lowest BCUT2D eigenvalue weighted by molar-refractivity contribution is 1.20. The maximum absolute atomic E-state index is 5.02. The summed E-state index contributed by atoms with van der Waals surface area (Å²) in [5, 5.41) is 3.53. The molecule has 0 radical (unpaired) electrons. The third kappa shape index (κ3) is 4.42. The Labute approximate surface area is 267 Å². The van der Waals surface area contributed by atoms with Crippen LogP contribution in [0, 0.1) is 0 Å². The standard InChI is InChI=1S/C34H20N6S4/c1-5-13-27-23(9-1)35-31(41-27)39(32-36-24-10-2-6-14-28(24)42-32)21-17-19-22(20-18-21)40(33-37-25-11-3-7-15-29(25)43-33)34-38-26-12-4-8-16-30(26)44-34/h1-20H. The molecule has 44 heavy (non-hydrogen) atoms. The zero-order valence-corrected chi connectivity index (χ0v) is 26.1. The van der Waals surface area contributed by atoms with Crippen molar-refractivity contribution in [2.45, 2.75) is 0 Å². The van der Waals surface area contributed by atoms with E-state index in [1.165, 1.54) is 0 Å². The van der Waals surface area contributed by atoms with Gasteiger partial charge >= 0.3 is 0 Å². The molecule has 6 nitrogen and oxygen atoms in total. The average Bonchev–Trinajstić information content (AvgIpc) is 3.86. The predicted octanol–water partition coefficient (Wildman–Crippen LogP) is 11.1. The fraction of sp³-hybridized carbons (Fsp3) is 0. The SMILES string of the molecule is c1ccc2sc(N(c3ccc(N(c4nc5ccccc5s4)c4nc5ccccc5s4)cc3)c3nc4ccccc4s3)nc2c1. The van der Waals surface area contributed by atoms with E-state index in [2.05, 4.69) is 107 Å². The van der Waals surface area contributed by atoms with Crippen LogP contribution in [-0.4, -0.2) is 19.9 Å². The van der Waals surface area contributed by atoms with Crippen LogP contribution in [0.1, 0.15) is 0 Å². The van der Waals surface area contributed by atoms with Gasteiger partial charge in [0.15, 0.2) is 20.5 Å². The molecule has 5 aromatic carbocycles. The number of aromatic nitrogens is 4. The van der Waals surface area contributed by atoms with Crippen molar-refractivity contribution in [2.75, 3.05) is 9.80 Å². The molecule has 0 aliphatic carbocycles. The number of hydrogen-bond acceptors (Lipinski definition) is 10. The van der Waals surface area contributed by atoms with Crippen LogP contribution in [0.15, 0.2) is 121 Å². The van der Waals surface area contributed by atoms with E-state index in [-0.39, 0.29) is 0 Å². The normalized spacial score (nSPS) is 11.6. The Balaban J connectivity index is 1.18. The highest BCUT2D eigenvalue weighted by atomic mass is 32.1. The van der Waals surface area contributed by atoms with Gasteiger partial charge in [0, 0.05) is 0 Å². The first-order valence-corrected chi connectivity index (χ1v) is 17.2. The minimum Gasteiger partial charge on any atom is -0.262 e. The van der Waals surface area contributed by atoms with E-state index in [0.717, 1.165) is 72.8 Å². The summed E-state index contributed by atoms with van der Waals surface area (Å²) in [4.78, 5) is 24.4. The minimum absolute atomic E-state index is 0.882. The molecule has 0 bridgehead atoms. The molecule has 9 aromatic rings. The number of para-hydroxylation sites is 4. The fourth-order valence-corrected chi connectivity index (χ4v) is 9.25. The summed E-state index contributed by atoms with van der Waals surface area (Å²) in [5.74, 6) is 0. The molecule has 4 heterocycles. The second-order valence-electron chi connectivity index (χ2n) is 10.0. The topological polar surface area (TPSA) is 58.0 Å². The number of fused-ring (bicyclic) bond motifs is 4. The molecule has 0 unspecified atom stereocenters. The lowest BCUT2D eigenvalue weighted by Crippen LogP contribution is -2.11. The van der Waals surface area contributed by atoms with Gasteiger partial charge in [-0.05, 0) is 72.8 Å². The average molecular weight is 641 g/mol. The summed E-state index contributed by atoms with van der Waals surface area (Å²) in [6.07, 6.45) is 0. The van der Waals surface area contributed by atoms with Gasteiger partial charge in [0.05, 0.1) is 52.2 Å². The molecular weight excluding hydrogens is 621 g/mol. The monoisotopic (exact) mass is 640 g/mol. The summed E-state index contributed by atoms with van der Waals surface area (Å²) in [7, 11) is 0. The Morgan fingerprint density at radius 2 is 0.568 bits per heavy atom. The van der Waals surface area contributed by atoms with Crippen LogP contribution in [0.25, 0.3) is 40.9 Å². The highest BCUT2D eigenvalue weighted by molar-refractivity contribution is 7.25. The van der Waals surface area contributed by atoms with E-state index in [1.807, 2.05) is 24.3 Å². The van der Waals surface area contributed by atoms with Crippen LogP contribution in [0.5, 0.6) is 0 Å². The van der Waals surface area contributed by atoms with Crippen LogP contribution in [-0.2, 0) is 0 Å². The summed E-state index contributed by atoms with van der Waals surface area (Å²) in [6.45, 7) is 0. The zero-order chi connectivity index (χ0) is 29.0. The molecule has 0 amide bonds. The molecule has 0 saturated heterocycles. The zero-order valence-electron chi connectivity index (χ0n) is 22.9. The smallest absolute Gasteiger partial charge is 0.197 e. The Morgan fingerprint density at radius 1 is 0.318 bits per heavy atom. The Hall–Kier alpha value is -4.74. The summed E-state index contributed by atoms with van der Waals surface area (Å²) in [5.41, 5.74) is 5.89. The van der Waals surface area contributed by atoms with E-state index in [0.29, 0.717) is 0 Å². The summed E-state index contributed by atoms with van der Waals surface area (Å²) in [6, 6.07) is 41.6. The summed E-state index contributed by atoms with van der Waals surface area (Å²) >= 11 is 6.67. The van der Waals surface area contributed by atoms with Crippen molar-refractivity contribution >= 4 is 118 Å². The first-order chi connectivity index (χ1) is 21.8. The number of benzene rings is 5. The number of anilines is 6. The van der Waals surface area contributed by atoms with Gasteiger partial charge < -0.3 is 0 Å². The van der Waals surface area contributed by atoms with Crippen molar-refractivity contribution in [1.29, 1.82) is 0 Å². The van der Waals surface area contributed by atoms with E-state index in [1.54, 1.807) is 45.3 Å².